The minimum Gasteiger partial charge on any atom is -0.494 e. The van der Waals surface area contributed by atoms with Crippen molar-refractivity contribution in [2.24, 2.45) is 0 Å². The molecule has 1 saturated heterocycles. The summed E-state index contributed by atoms with van der Waals surface area (Å²) in [4.78, 5) is 9.88. The minimum atomic E-state index is -4.19. The number of rotatable bonds is 6. The first-order chi connectivity index (χ1) is 16.9. The third-order valence-electron chi connectivity index (χ3n) is 5.66. The van der Waals surface area contributed by atoms with Gasteiger partial charge in [-0.1, -0.05) is 5.21 Å². The lowest BCUT2D eigenvalue weighted by molar-refractivity contribution is 0.340. The fourth-order valence-corrected chi connectivity index (χ4v) is 5.44. The highest BCUT2D eigenvalue weighted by Crippen LogP contribution is 2.26. The number of ether oxygens (including phenoxy) is 1. The van der Waals surface area contributed by atoms with E-state index in [4.69, 9.17) is 4.74 Å². The fourth-order valence-electron chi connectivity index (χ4n) is 3.95. The van der Waals surface area contributed by atoms with Crippen LogP contribution < -0.4 is 9.64 Å². The summed E-state index contributed by atoms with van der Waals surface area (Å²) in [7, 11) is -4.19. The predicted molar refractivity (Wildman–Crippen MR) is 123 cm³/mol. The smallest absolute Gasteiger partial charge is 0.246 e. The van der Waals surface area contributed by atoms with Crippen LogP contribution in [0.2, 0.25) is 0 Å². The normalized spacial score (nSPS) is 15.0. The van der Waals surface area contributed by atoms with Gasteiger partial charge in [0.15, 0.2) is 17.0 Å². The quantitative estimate of drug-likeness (QED) is 0.397. The van der Waals surface area contributed by atoms with Crippen LogP contribution >= 0.6 is 0 Å². The highest BCUT2D eigenvalue weighted by Gasteiger charge is 2.32. The monoisotopic (exact) mass is 501 g/mol. The van der Waals surface area contributed by atoms with Crippen molar-refractivity contribution in [1.82, 2.24) is 29.3 Å². The van der Waals surface area contributed by atoms with E-state index in [0.29, 0.717) is 29.7 Å². The molecule has 0 N–H and O–H groups in total. The molecule has 0 unspecified atom stereocenters. The molecule has 0 spiro atoms. The number of sulfonamides is 1. The number of halogens is 2. The van der Waals surface area contributed by atoms with Crippen LogP contribution in [0, 0.1) is 11.6 Å². The predicted octanol–water partition coefficient (Wildman–Crippen LogP) is 2.40. The summed E-state index contributed by atoms with van der Waals surface area (Å²) in [5, 5.41) is 8.48. The van der Waals surface area contributed by atoms with Gasteiger partial charge < -0.3 is 9.64 Å². The molecule has 10 nitrogen and oxygen atoms in total. The van der Waals surface area contributed by atoms with Crippen molar-refractivity contribution >= 4 is 27.0 Å². The van der Waals surface area contributed by atoms with Crippen LogP contribution in [0.5, 0.6) is 5.75 Å². The summed E-state index contributed by atoms with van der Waals surface area (Å²) in [6, 6.07) is 9.73. The molecule has 13 heteroatoms. The molecule has 0 atom stereocenters. The van der Waals surface area contributed by atoms with E-state index < -0.39 is 26.6 Å². The number of fused-ring (bicyclic) bond motifs is 1. The Morgan fingerprint density at radius 2 is 1.74 bits per heavy atom. The van der Waals surface area contributed by atoms with E-state index in [2.05, 4.69) is 20.3 Å². The minimum absolute atomic E-state index is 0.0663. The lowest BCUT2D eigenvalue weighted by Crippen LogP contribution is -2.49. The number of nitrogens with zero attached hydrogens (tertiary/aromatic N) is 7. The van der Waals surface area contributed by atoms with Gasteiger partial charge in [-0.25, -0.2) is 27.2 Å². The summed E-state index contributed by atoms with van der Waals surface area (Å²) in [5.41, 5.74) is 1.71. The van der Waals surface area contributed by atoms with E-state index in [1.54, 1.807) is 4.68 Å². The van der Waals surface area contributed by atoms with Crippen molar-refractivity contribution in [2.45, 2.75) is 11.8 Å². The largest absolute Gasteiger partial charge is 0.494 e. The molecule has 5 rings (SSSR count). The molecular formula is C22H21F2N7O3S. The molecule has 1 fully saturated rings. The van der Waals surface area contributed by atoms with Gasteiger partial charge in [0.1, 0.15) is 28.6 Å². The van der Waals surface area contributed by atoms with Crippen LogP contribution in [0.4, 0.5) is 14.6 Å². The second-order valence-corrected chi connectivity index (χ2v) is 9.67. The van der Waals surface area contributed by atoms with Gasteiger partial charge in [-0.3, -0.25) is 0 Å². The second kappa shape index (κ2) is 9.15. The number of piperazine rings is 1. The van der Waals surface area contributed by atoms with E-state index in [0.717, 1.165) is 27.9 Å². The average molecular weight is 502 g/mol. The van der Waals surface area contributed by atoms with E-state index in [1.165, 1.54) is 6.33 Å². The summed E-state index contributed by atoms with van der Waals surface area (Å²) in [5.74, 6) is -0.553. The average Bonchev–Trinajstić information content (AvgIpc) is 3.30. The van der Waals surface area contributed by atoms with Crippen LogP contribution in [-0.4, -0.2) is 70.5 Å². The lowest BCUT2D eigenvalue weighted by atomic mass is 10.3. The molecule has 3 heterocycles. The SMILES string of the molecule is CCOc1ccc(-n2nnc3c(N4CCN(S(=O)(=O)c5cc(F)ccc5F)CC4)ncnc32)cc1. The van der Waals surface area contributed by atoms with E-state index >= 15 is 0 Å². The molecular weight excluding hydrogens is 480 g/mol. The lowest BCUT2D eigenvalue weighted by Gasteiger charge is -2.34. The molecule has 182 valence electrons. The molecule has 0 radical (unpaired) electrons. The first-order valence-corrected chi connectivity index (χ1v) is 12.3. The van der Waals surface area contributed by atoms with Gasteiger partial charge >= 0.3 is 0 Å². The van der Waals surface area contributed by atoms with Crippen molar-refractivity contribution < 1.29 is 21.9 Å². The Kier molecular flexibility index (Phi) is 6.03. The molecule has 2 aromatic carbocycles. The zero-order valence-corrected chi connectivity index (χ0v) is 19.5. The third kappa shape index (κ3) is 4.28. The maximum atomic E-state index is 14.1. The van der Waals surface area contributed by atoms with Crippen molar-refractivity contribution in [3.05, 3.63) is 60.4 Å². The second-order valence-electron chi connectivity index (χ2n) is 7.76. The molecule has 35 heavy (non-hydrogen) atoms. The van der Waals surface area contributed by atoms with Crippen molar-refractivity contribution in [2.75, 3.05) is 37.7 Å². The Morgan fingerprint density at radius 3 is 2.46 bits per heavy atom. The summed E-state index contributed by atoms with van der Waals surface area (Å²) >= 11 is 0. The van der Waals surface area contributed by atoms with Gasteiger partial charge in [0.2, 0.25) is 10.0 Å². The Labute approximate surface area is 199 Å². The van der Waals surface area contributed by atoms with Crippen LogP contribution in [0.15, 0.2) is 53.7 Å². The first-order valence-electron chi connectivity index (χ1n) is 10.9. The molecule has 1 aliphatic rings. The molecule has 1 aliphatic heterocycles. The number of hydrogen-bond acceptors (Lipinski definition) is 8. The van der Waals surface area contributed by atoms with Gasteiger partial charge in [-0.05, 0) is 49.4 Å². The summed E-state index contributed by atoms with van der Waals surface area (Å²) in [6.45, 7) is 3.16. The summed E-state index contributed by atoms with van der Waals surface area (Å²) in [6.07, 6.45) is 1.40. The number of hydrogen-bond donors (Lipinski definition) is 0. The molecule has 4 aromatic rings. The molecule has 0 bridgehead atoms. The zero-order valence-electron chi connectivity index (χ0n) is 18.7. The van der Waals surface area contributed by atoms with Crippen molar-refractivity contribution in [3.63, 3.8) is 0 Å². The van der Waals surface area contributed by atoms with E-state index in [9.17, 15) is 17.2 Å². The third-order valence-corrected chi connectivity index (χ3v) is 7.57. The summed E-state index contributed by atoms with van der Waals surface area (Å²) < 4.78 is 61.6. The van der Waals surface area contributed by atoms with Gasteiger partial charge in [-0.15, -0.1) is 5.10 Å². The standard InChI is InChI=1S/C22H21F2N7O3S/c1-2-34-17-6-4-16(5-7-17)31-22-20(27-28-31)21(25-14-26-22)29-9-11-30(12-10-29)35(32,33)19-13-15(23)3-8-18(19)24/h3-8,13-14H,2,9-12H2,1H3. The van der Waals surface area contributed by atoms with Gasteiger partial charge in [0, 0.05) is 26.2 Å². The molecule has 0 aliphatic carbocycles. The van der Waals surface area contributed by atoms with Gasteiger partial charge in [0.25, 0.3) is 0 Å². The highest BCUT2D eigenvalue weighted by molar-refractivity contribution is 7.89. The van der Waals surface area contributed by atoms with Crippen LogP contribution in [-0.2, 0) is 10.0 Å². The molecule has 0 saturated carbocycles. The van der Waals surface area contributed by atoms with Gasteiger partial charge in [0.05, 0.1) is 12.3 Å². The zero-order chi connectivity index (χ0) is 24.6. The number of benzene rings is 2. The van der Waals surface area contributed by atoms with Crippen LogP contribution in [0.3, 0.4) is 0 Å². The Balaban J connectivity index is 1.37. The Bertz CT molecular complexity index is 1470. The van der Waals surface area contributed by atoms with Crippen LogP contribution in [0.25, 0.3) is 16.9 Å². The van der Waals surface area contributed by atoms with Crippen molar-refractivity contribution in [3.8, 4) is 11.4 Å². The molecule has 2 aromatic heterocycles. The Morgan fingerprint density at radius 1 is 1.00 bits per heavy atom. The number of aromatic nitrogens is 5. The van der Waals surface area contributed by atoms with Gasteiger partial charge in [-0.2, -0.15) is 8.99 Å². The van der Waals surface area contributed by atoms with Crippen LogP contribution in [0.1, 0.15) is 6.92 Å². The fraction of sp³-hybridized carbons (Fsp3) is 0.273. The first kappa shape index (κ1) is 23.1. The Hall–Kier alpha value is -3.71. The van der Waals surface area contributed by atoms with E-state index in [1.807, 2.05) is 36.1 Å². The highest BCUT2D eigenvalue weighted by atomic mass is 32.2. The maximum Gasteiger partial charge on any atom is 0.246 e. The number of anilines is 1. The topological polar surface area (TPSA) is 106 Å². The van der Waals surface area contributed by atoms with Crippen molar-refractivity contribution in [1.29, 1.82) is 0 Å². The maximum absolute atomic E-state index is 14.1. The molecule has 0 amide bonds. The van der Waals surface area contributed by atoms with E-state index in [-0.39, 0.29) is 26.2 Å².